The van der Waals surface area contributed by atoms with Crippen molar-refractivity contribution in [2.75, 3.05) is 43.0 Å². The van der Waals surface area contributed by atoms with Gasteiger partial charge < -0.3 is 15.3 Å². The molecule has 2 N–H and O–H groups in total. The van der Waals surface area contributed by atoms with Gasteiger partial charge in [0.05, 0.1) is 16.4 Å². The number of likely N-dealkylation sites (N-methyl/N-ethyl adjacent to an activating group) is 1. The van der Waals surface area contributed by atoms with Gasteiger partial charge in [0, 0.05) is 31.9 Å². The van der Waals surface area contributed by atoms with Crippen molar-refractivity contribution in [1.82, 2.24) is 14.3 Å². The molecule has 0 radical (unpaired) electrons. The fourth-order valence-electron chi connectivity index (χ4n) is 2.95. The predicted molar refractivity (Wildman–Crippen MR) is 113 cm³/mol. The van der Waals surface area contributed by atoms with E-state index in [1.54, 1.807) is 25.7 Å². The average Bonchev–Trinajstić information content (AvgIpc) is 2.72. The van der Waals surface area contributed by atoms with Gasteiger partial charge in [-0.25, -0.2) is 18.4 Å². The first-order valence-electron chi connectivity index (χ1n) is 9.52. The Hall–Kier alpha value is -2.83. The summed E-state index contributed by atoms with van der Waals surface area (Å²) >= 11 is 0. The molecule has 0 aliphatic rings. The summed E-state index contributed by atoms with van der Waals surface area (Å²) in [5, 5.41) is 23.8. The summed E-state index contributed by atoms with van der Waals surface area (Å²) in [7, 11) is -3.60. The molecule has 0 aliphatic heterocycles. The van der Waals surface area contributed by atoms with Crippen LogP contribution in [-0.4, -0.2) is 65.5 Å². The quantitative estimate of drug-likeness (QED) is 0.398. The van der Waals surface area contributed by atoms with Crippen LogP contribution in [0.1, 0.15) is 20.8 Å². The first kappa shape index (κ1) is 23.4. The average molecular weight is 439 g/mol. The number of aliphatic hydroxyl groups excluding tert-OH is 1. The lowest BCUT2D eigenvalue weighted by Gasteiger charge is -2.21. The number of aromatic nitrogens is 2. The molecule has 0 atom stereocenters. The molecule has 0 unspecified atom stereocenters. The van der Waals surface area contributed by atoms with Gasteiger partial charge >= 0.3 is 5.69 Å². The molecule has 1 aromatic carbocycles. The minimum Gasteiger partial charge on any atom is -0.395 e. The standard InChI is InChI=1S/C18H26N6O5S/c1-4-22(11-12-25)18-16(24(26)27)17(19-13-20-18)21-14-7-9-15(10-8-14)30(28,29)23(5-2)6-3/h7-10,13,25H,4-6,11-12H2,1-3H3,(H,19,20,21). The number of hydrogen-bond donors (Lipinski definition) is 2. The second-order valence-electron chi connectivity index (χ2n) is 6.19. The molecule has 0 bridgehead atoms. The summed E-state index contributed by atoms with van der Waals surface area (Å²) in [6, 6.07) is 5.92. The van der Waals surface area contributed by atoms with E-state index in [1.165, 1.54) is 34.9 Å². The number of nitrogens with one attached hydrogen (secondary N) is 1. The first-order valence-corrected chi connectivity index (χ1v) is 11.0. The summed E-state index contributed by atoms with van der Waals surface area (Å²) in [6.45, 7) is 6.46. The van der Waals surface area contributed by atoms with Gasteiger partial charge in [0.15, 0.2) is 0 Å². The number of rotatable bonds is 11. The molecule has 1 heterocycles. The maximum Gasteiger partial charge on any atom is 0.353 e. The lowest BCUT2D eigenvalue weighted by molar-refractivity contribution is -0.383. The Balaban J connectivity index is 2.38. The number of sulfonamides is 1. The largest absolute Gasteiger partial charge is 0.395 e. The molecule has 0 spiro atoms. The monoisotopic (exact) mass is 438 g/mol. The lowest BCUT2D eigenvalue weighted by atomic mass is 10.3. The molecule has 30 heavy (non-hydrogen) atoms. The molecule has 0 saturated carbocycles. The minimum atomic E-state index is -3.60. The van der Waals surface area contributed by atoms with Gasteiger partial charge in [-0.15, -0.1) is 0 Å². The van der Waals surface area contributed by atoms with Crippen molar-refractivity contribution in [1.29, 1.82) is 0 Å². The van der Waals surface area contributed by atoms with Gasteiger partial charge in [-0.3, -0.25) is 10.1 Å². The third kappa shape index (κ3) is 5.01. The summed E-state index contributed by atoms with van der Waals surface area (Å²) < 4.78 is 26.5. The number of benzene rings is 1. The summed E-state index contributed by atoms with van der Waals surface area (Å²) in [5.41, 5.74) is 0.110. The van der Waals surface area contributed by atoms with Crippen LogP contribution in [-0.2, 0) is 10.0 Å². The van der Waals surface area contributed by atoms with E-state index in [1.807, 2.05) is 0 Å². The predicted octanol–water partition coefficient (Wildman–Crippen LogP) is 1.98. The van der Waals surface area contributed by atoms with Gasteiger partial charge in [-0.2, -0.15) is 4.31 Å². The van der Waals surface area contributed by atoms with E-state index in [-0.39, 0.29) is 35.4 Å². The fourth-order valence-corrected chi connectivity index (χ4v) is 4.41. The highest BCUT2D eigenvalue weighted by atomic mass is 32.2. The molecule has 2 rings (SSSR count). The van der Waals surface area contributed by atoms with Crippen molar-refractivity contribution in [3.8, 4) is 0 Å². The SMILES string of the molecule is CCN(CCO)c1ncnc(Nc2ccc(S(=O)(=O)N(CC)CC)cc2)c1[N+](=O)[O-]. The van der Waals surface area contributed by atoms with Crippen LogP contribution >= 0.6 is 0 Å². The zero-order valence-corrected chi connectivity index (χ0v) is 18.0. The summed E-state index contributed by atoms with van der Waals surface area (Å²) in [6.07, 6.45) is 1.20. The molecular formula is C18H26N6O5S. The normalized spacial score (nSPS) is 11.5. The molecule has 1 aromatic heterocycles. The Morgan fingerprint density at radius 3 is 2.23 bits per heavy atom. The molecule has 0 aliphatic carbocycles. The van der Waals surface area contributed by atoms with Crippen LogP contribution in [0.2, 0.25) is 0 Å². The molecule has 0 fully saturated rings. The van der Waals surface area contributed by atoms with Gasteiger partial charge in [-0.1, -0.05) is 13.8 Å². The van der Waals surface area contributed by atoms with Crippen LogP contribution in [0.25, 0.3) is 0 Å². The highest BCUT2D eigenvalue weighted by Gasteiger charge is 2.27. The summed E-state index contributed by atoms with van der Waals surface area (Å²) in [5.74, 6) is 0.0653. The van der Waals surface area contributed by atoms with Crippen molar-refractivity contribution < 1.29 is 18.4 Å². The van der Waals surface area contributed by atoms with Gasteiger partial charge in [0.25, 0.3) is 0 Å². The smallest absolute Gasteiger partial charge is 0.353 e. The maximum absolute atomic E-state index is 12.6. The Morgan fingerprint density at radius 2 is 1.73 bits per heavy atom. The van der Waals surface area contributed by atoms with E-state index >= 15 is 0 Å². The number of anilines is 3. The van der Waals surface area contributed by atoms with Crippen LogP contribution in [0.3, 0.4) is 0 Å². The van der Waals surface area contributed by atoms with Gasteiger partial charge in [0.1, 0.15) is 6.33 Å². The van der Waals surface area contributed by atoms with Crippen molar-refractivity contribution in [3.63, 3.8) is 0 Å². The molecule has 164 valence electrons. The third-order valence-electron chi connectivity index (χ3n) is 4.50. The topological polar surface area (TPSA) is 142 Å². The summed E-state index contributed by atoms with van der Waals surface area (Å²) in [4.78, 5) is 20.8. The number of nitro groups is 1. The third-order valence-corrected chi connectivity index (χ3v) is 6.56. The fraction of sp³-hybridized carbons (Fsp3) is 0.444. The van der Waals surface area contributed by atoms with Crippen LogP contribution in [0.15, 0.2) is 35.5 Å². The zero-order chi connectivity index (χ0) is 22.3. The molecular weight excluding hydrogens is 412 g/mol. The Bertz CT molecular complexity index is 964. The van der Waals surface area contributed by atoms with Crippen molar-refractivity contribution >= 4 is 33.0 Å². The molecule has 0 saturated heterocycles. The van der Waals surface area contributed by atoms with E-state index in [0.717, 1.165) is 0 Å². The Kier molecular flexibility index (Phi) is 8.03. The minimum absolute atomic E-state index is 0.0271. The Morgan fingerprint density at radius 1 is 1.10 bits per heavy atom. The van der Waals surface area contributed by atoms with Crippen LogP contribution < -0.4 is 10.2 Å². The zero-order valence-electron chi connectivity index (χ0n) is 17.1. The van der Waals surface area contributed by atoms with Crippen LogP contribution in [0.4, 0.5) is 23.0 Å². The van der Waals surface area contributed by atoms with Crippen molar-refractivity contribution in [3.05, 3.63) is 40.7 Å². The highest BCUT2D eigenvalue weighted by molar-refractivity contribution is 7.89. The van der Waals surface area contributed by atoms with Crippen LogP contribution in [0, 0.1) is 10.1 Å². The number of nitrogens with zero attached hydrogens (tertiary/aromatic N) is 5. The van der Waals surface area contributed by atoms with E-state index in [9.17, 15) is 23.6 Å². The van der Waals surface area contributed by atoms with E-state index in [4.69, 9.17) is 0 Å². The first-order chi connectivity index (χ1) is 14.3. The second-order valence-corrected chi connectivity index (χ2v) is 8.13. The van der Waals surface area contributed by atoms with Gasteiger partial charge in [0.2, 0.25) is 21.7 Å². The molecule has 2 aromatic rings. The highest BCUT2D eigenvalue weighted by Crippen LogP contribution is 2.33. The van der Waals surface area contributed by atoms with Crippen LogP contribution in [0.5, 0.6) is 0 Å². The van der Waals surface area contributed by atoms with E-state index in [0.29, 0.717) is 25.3 Å². The maximum atomic E-state index is 12.6. The van der Waals surface area contributed by atoms with E-state index < -0.39 is 14.9 Å². The molecule has 11 nitrogen and oxygen atoms in total. The number of hydrogen-bond acceptors (Lipinski definition) is 9. The molecule has 12 heteroatoms. The number of aliphatic hydroxyl groups is 1. The lowest BCUT2D eigenvalue weighted by Crippen LogP contribution is -2.30. The molecule has 0 amide bonds. The second kappa shape index (κ2) is 10.3. The Labute approximate surface area is 175 Å². The van der Waals surface area contributed by atoms with Crippen molar-refractivity contribution in [2.45, 2.75) is 25.7 Å². The van der Waals surface area contributed by atoms with E-state index in [2.05, 4.69) is 15.3 Å². The van der Waals surface area contributed by atoms with Gasteiger partial charge in [-0.05, 0) is 31.2 Å². The van der Waals surface area contributed by atoms with Crippen molar-refractivity contribution in [2.24, 2.45) is 0 Å².